The van der Waals surface area contributed by atoms with Crippen LogP contribution in [0.3, 0.4) is 0 Å². The number of nitrogens with zero attached hydrogens (tertiary/aromatic N) is 2. The van der Waals surface area contributed by atoms with Crippen LogP contribution in [0.5, 0.6) is 0 Å². The summed E-state index contributed by atoms with van der Waals surface area (Å²) in [6, 6.07) is 17.0. The number of benzene rings is 2. The smallest absolute Gasteiger partial charge is 0.335 e. The number of carbonyl (C=O) groups is 1. The van der Waals surface area contributed by atoms with E-state index in [4.69, 9.17) is 5.11 Å². The summed E-state index contributed by atoms with van der Waals surface area (Å²) in [5.74, 6) is -0.897. The molecule has 0 aliphatic rings. The van der Waals surface area contributed by atoms with Gasteiger partial charge in [-0.2, -0.15) is 5.10 Å². The summed E-state index contributed by atoms with van der Waals surface area (Å²) in [6.45, 7) is 0. The highest BCUT2D eigenvalue weighted by Crippen LogP contribution is 2.14. The Morgan fingerprint density at radius 2 is 1.86 bits per heavy atom. The quantitative estimate of drug-likeness (QED) is 0.797. The lowest BCUT2D eigenvalue weighted by atomic mass is 10.0. The molecule has 0 saturated carbocycles. The van der Waals surface area contributed by atoms with Gasteiger partial charge in [0.05, 0.1) is 11.3 Å². The number of carboxylic acid groups (broad SMARTS) is 1. The number of hydrogen-bond acceptors (Lipinski definition) is 2. The third-order valence-electron chi connectivity index (χ3n) is 3.29. The Morgan fingerprint density at radius 1 is 1.05 bits per heavy atom. The van der Waals surface area contributed by atoms with Crippen molar-refractivity contribution < 1.29 is 9.90 Å². The lowest BCUT2D eigenvalue weighted by Crippen LogP contribution is -1.98. The molecule has 0 aliphatic carbocycles. The molecule has 3 aromatic rings. The van der Waals surface area contributed by atoms with E-state index in [9.17, 15) is 4.79 Å². The molecule has 0 radical (unpaired) electrons. The van der Waals surface area contributed by atoms with E-state index in [1.807, 2.05) is 42.6 Å². The second-order valence-electron chi connectivity index (χ2n) is 4.80. The second-order valence-corrected chi connectivity index (χ2v) is 4.80. The van der Waals surface area contributed by atoms with Gasteiger partial charge in [0, 0.05) is 12.4 Å². The third-order valence-corrected chi connectivity index (χ3v) is 3.29. The van der Waals surface area contributed by atoms with Crippen molar-refractivity contribution in [2.75, 3.05) is 0 Å². The molecule has 2 aromatic carbocycles. The van der Waals surface area contributed by atoms with Crippen LogP contribution >= 0.6 is 0 Å². The van der Waals surface area contributed by atoms with Gasteiger partial charge in [-0.15, -0.1) is 0 Å². The van der Waals surface area contributed by atoms with E-state index in [0.717, 1.165) is 16.8 Å². The normalized spacial score (nSPS) is 10.5. The SMILES string of the molecule is O=C(O)c1cccc(Cc2ccc(-n3cccn3)cc2)c1. The van der Waals surface area contributed by atoms with Crippen LogP contribution < -0.4 is 0 Å². The van der Waals surface area contributed by atoms with Crippen LogP contribution in [0.25, 0.3) is 5.69 Å². The van der Waals surface area contributed by atoms with Crippen LogP contribution in [-0.4, -0.2) is 20.9 Å². The van der Waals surface area contributed by atoms with E-state index in [2.05, 4.69) is 5.10 Å². The van der Waals surface area contributed by atoms with Crippen LogP contribution in [0.4, 0.5) is 0 Å². The van der Waals surface area contributed by atoms with E-state index < -0.39 is 5.97 Å². The maximum Gasteiger partial charge on any atom is 0.335 e. The Morgan fingerprint density at radius 3 is 2.52 bits per heavy atom. The minimum Gasteiger partial charge on any atom is -0.478 e. The standard InChI is InChI=1S/C17H14N2O2/c20-17(21)15-4-1-3-14(12-15)11-13-5-7-16(8-6-13)19-10-2-9-18-19/h1-10,12H,11H2,(H,20,21). The lowest BCUT2D eigenvalue weighted by molar-refractivity contribution is 0.0697. The van der Waals surface area contributed by atoms with E-state index in [-0.39, 0.29) is 0 Å². The Kier molecular flexibility index (Phi) is 3.51. The van der Waals surface area contributed by atoms with E-state index in [1.54, 1.807) is 29.1 Å². The molecule has 3 rings (SSSR count). The van der Waals surface area contributed by atoms with E-state index in [0.29, 0.717) is 12.0 Å². The Labute approximate surface area is 122 Å². The van der Waals surface area contributed by atoms with Crippen LogP contribution in [-0.2, 0) is 6.42 Å². The zero-order valence-electron chi connectivity index (χ0n) is 11.3. The molecule has 0 bridgehead atoms. The van der Waals surface area contributed by atoms with Crippen molar-refractivity contribution in [1.82, 2.24) is 9.78 Å². The monoisotopic (exact) mass is 278 g/mol. The summed E-state index contributed by atoms with van der Waals surface area (Å²) in [7, 11) is 0. The molecule has 4 heteroatoms. The molecule has 4 nitrogen and oxygen atoms in total. The molecule has 0 spiro atoms. The summed E-state index contributed by atoms with van der Waals surface area (Å²) in [5, 5.41) is 13.2. The largest absolute Gasteiger partial charge is 0.478 e. The molecule has 1 aromatic heterocycles. The fourth-order valence-electron chi connectivity index (χ4n) is 2.24. The van der Waals surface area contributed by atoms with Gasteiger partial charge in [0.25, 0.3) is 0 Å². The van der Waals surface area contributed by atoms with Crippen LogP contribution in [0.2, 0.25) is 0 Å². The first-order valence-corrected chi connectivity index (χ1v) is 6.63. The van der Waals surface area contributed by atoms with Crippen molar-refractivity contribution >= 4 is 5.97 Å². The van der Waals surface area contributed by atoms with E-state index >= 15 is 0 Å². The van der Waals surface area contributed by atoms with Gasteiger partial charge < -0.3 is 5.11 Å². The van der Waals surface area contributed by atoms with Crippen molar-refractivity contribution in [1.29, 1.82) is 0 Å². The number of carboxylic acids is 1. The van der Waals surface area contributed by atoms with Crippen LogP contribution in [0.1, 0.15) is 21.5 Å². The number of aromatic nitrogens is 2. The average molecular weight is 278 g/mol. The minimum absolute atomic E-state index is 0.320. The average Bonchev–Trinajstić information content (AvgIpc) is 3.02. The molecule has 0 atom stereocenters. The predicted octanol–water partition coefficient (Wildman–Crippen LogP) is 3.16. The summed E-state index contributed by atoms with van der Waals surface area (Å²) in [5.41, 5.74) is 3.44. The predicted molar refractivity (Wildman–Crippen MR) is 79.8 cm³/mol. The summed E-state index contributed by atoms with van der Waals surface area (Å²) in [6.07, 6.45) is 4.34. The van der Waals surface area contributed by atoms with Gasteiger partial charge in [-0.25, -0.2) is 9.48 Å². The number of hydrogen-bond donors (Lipinski definition) is 1. The minimum atomic E-state index is -0.897. The second kappa shape index (κ2) is 5.63. The molecular formula is C17H14N2O2. The van der Waals surface area contributed by atoms with Gasteiger partial charge in [0.2, 0.25) is 0 Å². The molecule has 0 saturated heterocycles. The van der Waals surface area contributed by atoms with Crippen molar-refractivity contribution in [3.8, 4) is 5.69 Å². The lowest BCUT2D eigenvalue weighted by Gasteiger charge is -2.05. The maximum atomic E-state index is 11.0. The molecule has 21 heavy (non-hydrogen) atoms. The van der Waals surface area contributed by atoms with Crippen LogP contribution in [0, 0.1) is 0 Å². The Balaban J connectivity index is 1.79. The van der Waals surface area contributed by atoms with Crippen LogP contribution in [0.15, 0.2) is 67.0 Å². The Bertz CT molecular complexity index is 747. The molecule has 0 amide bonds. The van der Waals surface area contributed by atoms with Crippen molar-refractivity contribution in [3.05, 3.63) is 83.7 Å². The number of rotatable bonds is 4. The maximum absolute atomic E-state index is 11.0. The first kappa shape index (κ1) is 13.1. The molecule has 1 N–H and O–H groups in total. The highest BCUT2D eigenvalue weighted by molar-refractivity contribution is 5.87. The van der Waals surface area contributed by atoms with Gasteiger partial charge in [-0.3, -0.25) is 0 Å². The first-order chi connectivity index (χ1) is 10.2. The highest BCUT2D eigenvalue weighted by atomic mass is 16.4. The van der Waals surface area contributed by atoms with E-state index in [1.165, 1.54) is 0 Å². The fourth-order valence-corrected chi connectivity index (χ4v) is 2.24. The summed E-state index contributed by atoms with van der Waals surface area (Å²) < 4.78 is 1.80. The van der Waals surface area contributed by atoms with Gasteiger partial charge in [0.15, 0.2) is 0 Å². The van der Waals surface area contributed by atoms with Crippen molar-refractivity contribution in [2.45, 2.75) is 6.42 Å². The zero-order valence-corrected chi connectivity index (χ0v) is 11.3. The van der Waals surface area contributed by atoms with Gasteiger partial charge in [-0.1, -0.05) is 24.3 Å². The highest BCUT2D eigenvalue weighted by Gasteiger charge is 2.04. The first-order valence-electron chi connectivity index (χ1n) is 6.63. The molecule has 104 valence electrons. The van der Waals surface area contributed by atoms with Crippen molar-refractivity contribution in [3.63, 3.8) is 0 Å². The molecule has 0 aliphatic heterocycles. The van der Waals surface area contributed by atoms with Gasteiger partial charge >= 0.3 is 5.97 Å². The summed E-state index contributed by atoms with van der Waals surface area (Å²) in [4.78, 5) is 11.0. The zero-order chi connectivity index (χ0) is 14.7. The fraction of sp³-hybridized carbons (Fsp3) is 0.0588. The third kappa shape index (κ3) is 3.00. The van der Waals surface area contributed by atoms with Gasteiger partial charge in [-0.05, 0) is 47.9 Å². The number of aromatic carboxylic acids is 1. The molecular weight excluding hydrogens is 264 g/mol. The topological polar surface area (TPSA) is 55.1 Å². The Hall–Kier alpha value is -2.88. The molecule has 0 unspecified atom stereocenters. The molecule has 0 fully saturated rings. The van der Waals surface area contributed by atoms with Crippen molar-refractivity contribution in [2.24, 2.45) is 0 Å². The molecule has 1 heterocycles. The summed E-state index contributed by atoms with van der Waals surface area (Å²) >= 11 is 0. The van der Waals surface area contributed by atoms with Gasteiger partial charge in [0.1, 0.15) is 0 Å².